The number of hydrogen-bond donors (Lipinski definition) is 0. The van der Waals surface area contributed by atoms with Gasteiger partial charge in [0, 0.05) is 6.42 Å². The molecule has 0 aliphatic carbocycles. The molecule has 37 heavy (non-hydrogen) atoms. The zero-order chi connectivity index (χ0) is 26.8. The molecule has 0 unspecified atom stereocenters. The first-order valence-corrected chi connectivity index (χ1v) is 16.2. The Morgan fingerprint density at radius 3 is 2.19 bits per heavy atom. The molecule has 0 aromatic heterocycles. The Balaban J connectivity index is 1.45. The molecule has 0 heterocycles. The Hall–Kier alpha value is -1.83. The summed E-state index contributed by atoms with van der Waals surface area (Å²) >= 11 is 1.96. The van der Waals surface area contributed by atoms with E-state index in [0.717, 1.165) is 74.0 Å². The van der Waals surface area contributed by atoms with Crippen LogP contribution in [-0.4, -0.2) is 32.0 Å². The number of carbonyl (C=O) groups excluding carboxylic acids is 1. The molecule has 1 atom stereocenters. The molecule has 206 valence electrons. The van der Waals surface area contributed by atoms with Gasteiger partial charge in [0.05, 0.1) is 11.0 Å². The van der Waals surface area contributed by atoms with Crippen molar-refractivity contribution in [1.82, 2.24) is 0 Å². The normalized spacial score (nSPS) is 12.4. The van der Waals surface area contributed by atoms with Crippen LogP contribution < -0.4 is 0 Å². The zero-order valence-electron chi connectivity index (χ0n) is 22.5. The highest BCUT2D eigenvalue weighted by molar-refractivity contribution is 7.99. The lowest BCUT2D eigenvalue weighted by molar-refractivity contribution is -0.145. The summed E-state index contributed by atoms with van der Waals surface area (Å²) in [4.78, 5) is 12.1. The summed E-state index contributed by atoms with van der Waals surface area (Å²) in [6, 6.07) is 16.6. The number of carbonyl (C=O) groups is 1. The van der Waals surface area contributed by atoms with Crippen LogP contribution in [0.15, 0.2) is 59.5 Å². The summed E-state index contributed by atoms with van der Waals surface area (Å²) in [5.41, 5.74) is 2.05. The van der Waals surface area contributed by atoms with Crippen LogP contribution in [0.4, 0.5) is 0 Å². The van der Waals surface area contributed by atoms with Crippen LogP contribution in [0, 0.1) is 6.92 Å². The Morgan fingerprint density at radius 1 is 0.838 bits per heavy atom. The topological polar surface area (TPSA) is 69.7 Å². The van der Waals surface area contributed by atoms with E-state index in [-0.39, 0.29) is 17.0 Å². The van der Waals surface area contributed by atoms with Gasteiger partial charge in [0.2, 0.25) is 0 Å². The van der Waals surface area contributed by atoms with E-state index >= 15 is 0 Å². The Labute approximate surface area is 228 Å². The van der Waals surface area contributed by atoms with Crippen molar-refractivity contribution in [3.05, 3.63) is 65.7 Å². The number of esters is 1. The van der Waals surface area contributed by atoms with E-state index in [1.54, 1.807) is 24.3 Å². The van der Waals surface area contributed by atoms with Crippen LogP contribution in [0.1, 0.15) is 88.7 Å². The van der Waals surface area contributed by atoms with Crippen molar-refractivity contribution in [3.63, 3.8) is 0 Å². The third-order valence-corrected chi connectivity index (χ3v) is 8.69. The summed E-state index contributed by atoms with van der Waals surface area (Å²) < 4.78 is 36.1. The first kappa shape index (κ1) is 31.4. The van der Waals surface area contributed by atoms with Crippen molar-refractivity contribution in [2.24, 2.45) is 0 Å². The minimum Gasteiger partial charge on any atom is -0.461 e. The van der Waals surface area contributed by atoms with Crippen LogP contribution in [-0.2, 0) is 30.4 Å². The molecule has 2 aromatic rings. The summed E-state index contributed by atoms with van der Waals surface area (Å²) in [7, 11) is -3.71. The van der Waals surface area contributed by atoms with Gasteiger partial charge >= 0.3 is 5.97 Å². The van der Waals surface area contributed by atoms with E-state index in [1.165, 1.54) is 12.8 Å². The fourth-order valence-corrected chi connectivity index (χ4v) is 6.15. The number of rotatable bonds is 20. The largest absolute Gasteiger partial charge is 0.461 e. The summed E-state index contributed by atoms with van der Waals surface area (Å²) in [5, 5.41) is 0. The van der Waals surface area contributed by atoms with Crippen molar-refractivity contribution >= 4 is 27.8 Å². The lowest BCUT2D eigenvalue weighted by Crippen LogP contribution is -2.18. The molecular weight excluding hydrogens is 504 g/mol. The van der Waals surface area contributed by atoms with Crippen molar-refractivity contribution < 1.29 is 22.1 Å². The van der Waals surface area contributed by atoms with Crippen molar-refractivity contribution in [3.8, 4) is 0 Å². The van der Waals surface area contributed by atoms with E-state index in [1.807, 2.05) is 49.0 Å². The zero-order valence-corrected chi connectivity index (χ0v) is 24.2. The number of thioether (sulfide) groups is 1. The van der Waals surface area contributed by atoms with Gasteiger partial charge in [-0.2, -0.15) is 20.2 Å². The average Bonchev–Trinajstić information content (AvgIpc) is 2.89. The van der Waals surface area contributed by atoms with Gasteiger partial charge in [-0.3, -0.25) is 8.98 Å². The molecule has 7 heteroatoms. The van der Waals surface area contributed by atoms with Crippen molar-refractivity contribution in [2.75, 3.05) is 11.5 Å². The monoisotopic (exact) mass is 548 g/mol. The van der Waals surface area contributed by atoms with Gasteiger partial charge in [0.15, 0.2) is 0 Å². The maximum Gasteiger partial charge on any atom is 0.306 e. The van der Waals surface area contributed by atoms with Gasteiger partial charge in [-0.25, -0.2) is 0 Å². The SMILES string of the molecule is CCC[C@@H](CCCCCCCSCCCCC(=O)OCc1ccccc1)OS(=O)(=O)c1ccc(C)cc1. The second-order valence-electron chi connectivity index (χ2n) is 9.55. The standard InChI is InChI=1S/C30H44O5S2/c1-3-14-28(35-37(32,33)29-21-19-26(2)20-22-29)17-10-5-4-6-12-23-36-24-13-11-18-30(31)34-25-27-15-8-7-9-16-27/h7-9,15-16,19-22,28H,3-6,10-14,17-18,23-25H2,1-2H3/t28-/m0/s1. The number of aryl methyl sites for hydroxylation is 1. The molecule has 5 nitrogen and oxygen atoms in total. The second kappa shape index (κ2) is 18.4. The fourth-order valence-electron chi connectivity index (χ4n) is 3.99. The smallest absolute Gasteiger partial charge is 0.306 e. The minimum atomic E-state index is -3.71. The number of hydrogen-bond acceptors (Lipinski definition) is 6. The molecule has 0 fully saturated rings. The quantitative estimate of drug-likeness (QED) is 0.0953. The van der Waals surface area contributed by atoms with Gasteiger partial charge < -0.3 is 4.74 Å². The van der Waals surface area contributed by atoms with E-state index in [9.17, 15) is 13.2 Å². The molecular formula is C30H44O5S2. The fraction of sp³-hybridized carbons (Fsp3) is 0.567. The summed E-state index contributed by atoms with van der Waals surface area (Å²) in [5.74, 6) is 2.11. The summed E-state index contributed by atoms with van der Waals surface area (Å²) in [6.07, 6.45) is 10.2. The molecule has 0 N–H and O–H groups in total. The molecule has 2 aromatic carbocycles. The van der Waals surface area contributed by atoms with Crippen LogP contribution in [0.25, 0.3) is 0 Å². The first-order chi connectivity index (χ1) is 17.9. The van der Waals surface area contributed by atoms with Crippen LogP contribution in [0.5, 0.6) is 0 Å². The van der Waals surface area contributed by atoms with Gasteiger partial charge in [0.1, 0.15) is 6.61 Å². The minimum absolute atomic E-state index is 0.117. The second-order valence-corrected chi connectivity index (χ2v) is 12.3. The van der Waals surface area contributed by atoms with Crippen LogP contribution in [0.3, 0.4) is 0 Å². The predicted molar refractivity (Wildman–Crippen MR) is 153 cm³/mol. The van der Waals surface area contributed by atoms with Gasteiger partial charge in [-0.1, -0.05) is 87.1 Å². The maximum atomic E-state index is 12.6. The van der Waals surface area contributed by atoms with Crippen LogP contribution in [0.2, 0.25) is 0 Å². The van der Waals surface area contributed by atoms with Crippen molar-refractivity contribution in [1.29, 1.82) is 0 Å². The van der Waals surface area contributed by atoms with Gasteiger partial charge in [-0.15, -0.1) is 0 Å². The molecule has 0 amide bonds. The summed E-state index contributed by atoms with van der Waals surface area (Å²) in [6.45, 7) is 4.35. The third-order valence-electron chi connectivity index (χ3n) is 6.16. The molecule has 0 bridgehead atoms. The first-order valence-electron chi connectivity index (χ1n) is 13.7. The lowest BCUT2D eigenvalue weighted by atomic mass is 10.1. The molecule has 0 aliphatic rings. The molecule has 0 radical (unpaired) electrons. The van der Waals surface area contributed by atoms with E-state index in [0.29, 0.717) is 13.0 Å². The van der Waals surface area contributed by atoms with E-state index < -0.39 is 10.1 Å². The molecule has 0 saturated heterocycles. The highest BCUT2D eigenvalue weighted by Gasteiger charge is 2.21. The van der Waals surface area contributed by atoms with Crippen molar-refractivity contribution in [2.45, 2.75) is 102 Å². The average molecular weight is 549 g/mol. The number of ether oxygens (including phenoxy) is 1. The van der Waals surface area contributed by atoms with Crippen LogP contribution >= 0.6 is 11.8 Å². The molecule has 0 aliphatic heterocycles. The molecule has 0 spiro atoms. The van der Waals surface area contributed by atoms with Gasteiger partial charge in [0.25, 0.3) is 10.1 Å². The van der Waals surface area contributed by atoms with E-state index in [2.05, 4.69) is 6.92 Å². The highest BCUT2D eigenvalue weighted by Crippen LogP contribution is 2.21. The number of benzene rings is 2. The Bertz CT molecular complexity index is 975. The van der Waals surface area contributed by atoms with E-state index in [4.69, 9.17) is 8.92 Å². The Kier molecular flexibility index (Phi) is 15.6. The number of unbranched alkanes of at least 4 members (excludes halogenated alkanes) is 5. The maximum absolute atomic E-state index is 12.6. The highest BCUT2D eigenvalue weighted by atomic mass is 32.2. The Morgan fingerprint density at radius 2 is 1.49 bits per heavy atom. The lowest BCUT2D eigenvalue weighted by Gasteiger charge is -2.17. The third kappa shape index (κ3) is 14.0. The molecule has 2 rings (SSSR count). The molecule has 0 saturated carbocycles. The predicted octanol–water partition coefficient (Wildman–Crippen LogP) is 7.86. The van der Waals surface area contributed by atoms with Gasteiger partial charge in [-0.05, 0) is 68.2 Å².